The quantitative estimate of drug-likeness (QED) is 0.0832. The summed E-state index contributed by atoms with van der Waals surface area (Å²) in [6.07, 6.45) is -1.68. The Kier molecular flexibility index (Phi) is 15.4. The van der Waals surface area contributed by atoms with E-state index in [1.807, 2.05) is 13.8 Å². The average Bonchev–Trinajstić information content (AvgIpc) is 3.13. The maximum atomic E-state index is 15.1. The van der Waals surface area contributed by atoms with Crippen LogP contribution in [-0.4, -0.2) is 79.0 Å². The lowest BCUT2D eigenvalue weighted by atomic mass is 9.93. The number of nitrogens with one attached hydrogen (secondary N) is 3. The molecule has 4 rings (SSSR count). The van der Waals surface area contributed by atoms with Gasteiger partial charge in [-0.15, -0.1) is 0 Å². The number of methoxy groups -OCH3 is 1. The first-order chi connectivity index (χ1) is 28.1. The zero-order chi connectivity index (χ0) is 44.5. The summed E-state index contributed by atoms with van der Waals surface area (Å²) in [5.41, 5.74) is 1.38. The zero-order valence-corrected chi connectivity index (χ0v) is 36.0. The van der Waals surface area contributed by atoms with E-state index in [-0.39, 0.29) is 42.9 Å². The number of carbonyl (C=O) groups is 4. The van der Waals surface area contributed by atoms with Crippen molar-refractivity contribution in [2.45, 2.75) is 98.1 Å². The lowest BCUT2D eigenvalue weighted by Crippen LogP contribution is -2.44. The minimum absolute atomic E-state index is 0.0125. The van der Waals surface area contributed by atoms with Gasteiger partial charge in [0.1, 0.15) is 17.3 Å². The highest BCUT2D eigenvalue weighted by Gasteiger charge is 2.35. The highest BCUT2D eigenvalue weighted by atomic mass is 19.1. The van der Waals surface area contributed by atoms with E-state index < -0.39 is 53.4 Å². The second kappa shape index (κ2) is 19.8. The molecule has 60 heavy (non-hydrogen) atoms. The normalized spacial score (nSPS) is 13.1. The third-order valence-corrected chi connectivity index (χ3v) is 8.74. The molecule has 0 saturated heterocycles. The predicted molar refractivity (Wildman–Crippen MR) is 226 cm³/mol. The number of rotatable bonds is 15. The van der Waals surface area contributed by atoms with Crippen LogP contribution in [0.3, 0.4) is 0 Å². The van der Waals surface area contributed by atoms with E-state index in [4.69, 9.17) is 23.7 Å². The van der Waals surface area contributed by atoms with E-state index in [0.29, 0.717) is 27.6 Å². The molecule has 0 fully saturated rings. The standard InChI is InChI=1S/C44H56FN5O10/c1-25-18-29(12-14-33(25)26(2)23-57-40(53)49-32-20-30(22-46-10)37(35(45)21-32)58-27(3)24-56-11)36(39(51)52)48-31-13-15-34-28(19-31)16-17-47-38(34)50(41(54)59-43(4,5)6)42(55)60-44(7,8)9/h12-21,26-27,36,46,48H,22-24H2,1-11H3,(H,49,53)(H,51,52). The summed E-state index contributed by atoms with van der Waals surface area (Å²) in [4.78, 5) is 57.2. The minimum atomic E-state index is -1.16. The largest absolute Gasteiger partial charge is 0.485 e. The molecule has 16 heteroatoms. The van der Waals surface area contributed by atoms with Gasteiger partial charge in [0.25, 0.3) is 0 Å². The molecule has 0 aliphatic rings. The van der Waals surface area contributed by atoms with Crippen molar-refractivity contribution in [1.82, 2.24) is 10.3 Å². The summed E-state index contributed by atoms with van der Waals surface area (Å²) in [6.45, 7) is 16.1. The van der Waals surface area contributed by atoms with Crippen LogP contribution in [0.15, 0.2) is 60.8 Å². The molecule has 3 unspecified atom stereocenters. The van der Waals surface area contributed by atoms with Crippen LogP contribution in [0.4, 0.5) is 36.0 Å². The highest BCUT2D eigenvalue weighted by Crippen LogP contribution is 2.33. The minimum Gasteiger partial charge on any atom is -0.485 e. The molecular weight excluding hydrogens is 778 g/mol. The molecule has 0 spiro atoms. The molecule has 1 aromatic heterocycles. The van der Waals surface area contributed by atoms with Gasteiger partial charge in [-0.1, -0.05) is 25.1 Å². The van der Waals surface area contributed by atoms with Crippen LogP contribution in [0.25, 0.3) is 10.8 Å². The van der Waals surface area contributed by atoms with E-state index in [9.17, 15) is 24.3 Å². The second-order valence-corrected chi connectivity index (χ2v) is 16.4. The first-order valence-electron chi connectivity index (χ1n) is 19.4. The fourth-order valence-corrected chi connectivity index (χ4v) is 6.27. The number of imide groups is 1. The molecule has 4 N–H and O–H groups in total. The number of ether oxygens (including phenoxy) is 5. The number of carboxylic acid groups (broad SMARTS) is 1. The van der Waals surface area contributed by atoms with Crippen LogP contribution < -0.4 is 25.6 Å². The van der Waals surface area contributed by atoms with E-state index in [1.165, 1.54) is 13.3 Å². The molecular formula is C44H56FN5O10. The molecule has 3 aromatic carbocycles. The SMILES string of the molecule is CNCc1cc(NC(=O)OCC(C)c2ccc(C(Nc3ccc4c(N(C(=O)OC(C)(C)C)C(=O)OC(C)(C)C)nccc4c3)C(=O)O)cc2C)cc(F)c1OC(C)COC. The summed E-state index contributed by atoms with van der Waals surface area (Å²) in [6, 6.07) is 13.4. The van der Waals surface area contributed by atoms with Gasteiger partial charge in [-0.25, -0.2) is 28.6 Å². The van der Waals surface area contributed by atoms with Crippen LogP contribution in [0.1, 0.15) is 89.6 Å². The topological polar surface area (TPSA) is 187 Å². The fraction of sp³-hybridized carbons (Fsp3) is 0.432. The Labute approximate surface area is 349 Å². The second-order valence-electron chi connectivity index (χ2n) is 16.4. The van der Waals surface area contributed by atoms with Crippen LogP contribution in [0.2, 0.25) is 0 Å². The Hall–Kier alpha value is -6.00. The molecule has 0 radical (unpaired) electrons. The number of aromatic nitrogens is 1. The average molecular weight is 834 g/mol. The van der Waals surface area contributed by atoms with Crippen molar-refractivity contribution in [3.63, 3.8) is 0 Å². The number of amides is 3. The van der Waals surface area contributed by atoms with Gasteiger partial charge in [0.2, 0.25) is 0 Å². The maximum absolute atomic E-state index is 15.1. The molecule has 0 bridgehead atoms. The van der Waals surface area contributed by atoms with E-state index in [0.717, 1.165) is 22.1 Å². The van der Waals surface area contributed by atoms with Crippen molar-refractivity contribution in [3.8, 4) is 5.75 Å². The van der Waals surface area contributed by atoms with Gasteiger partial charge in [-0.2, -0.15) is 4.90 Å². The lowest BCUT2D eigenvalue weighted by Gasteiger charge is -2.28. The first kappa shape index (κ1) is 46.7. The maximum Gasteiger partial charge on any atom is 0.425 e. The van der Waals surface area contributed by atoms with Gasteiger partial charge in [0.05, 0.1) is 13.2 Å². The summed E-state index contributed by atoms with van der Waals surface area (Å²) in [5.74, 6) is -2.01. The predicted octanol–water partition coefficient (Wildman–Crippen LogP) is 9.08. The van der Waals surface area contributed by atoms with Crippen LogP contribution in [0.5, 0.6) is 5.75 Å². The van der Waals surface area contributed by atoms with Crippen molar-refractivity contribution in [2.24, 2.45) is 0 Å². The molecule has 324 valence electrons. The Bertz CT molecular complexity index is 2160. The van der Waals surface area contributed by atoms with Gasteiger partial charge in [-0.05, 0) is 115 Å². The van der Waals surface area contributed by atoms with E-state index >= 15 is 4.39 Å². The summed E-state index contributed by atoms with van der Waals surface area (Å²) < 4.78 is 42.5. The highest BCUT2D eigenvalue weighted by molar-refractivity contribution is 6.14. The van der Waals surface area contributed by atoms with Crippen LogP contribution in [0, 0.1) is 12.7 Å². The fourth-order valence-electron chi connectivity index (χ4n) is 6.27. The Morgan fingerprint density at radius 1 is 0.883 bits per heavy atom. The van der Waals surface area contributed by atoms with Crippen molar-refractivity contribution in [3.05, 3.63) is 88.9 Å². The summed E-state index contributed by atoms with van der Waals surface area (Å²) in [5, 5.41) is 19.9. The smallest absolute Gasteiger partial charge is 0.425 e. The Balaban J connectivity index is 1.49. The number of pyridine rings is 1. The number of benzene rings is 3. The van der Waals surface area contributed by atoms with Gasteiger partial charge >= 0.3 is 24.2 Å². The Morgan fingerprint density at radius 2 is 1.55 bits per heavy atom. The van der Waals surface area contributed by atoms with E-state index in [1.54, 1.807) is 104 Å². The van der Waals surface area contributed by atoms with Crippen molar-refractivity contribution in [1.29, 1.82) is 0 Å². The van der Waals surface area contributed by atoms with Gasteiger partial charge < -0.3 is 39.4 Å². The molecule has 0 saturated carbocycles. The number of aliphatic carboxylic acids is 1. The summed E-state index contributed by atoms with van der Waals surface area (Å²) >= 11 is 0. The van der Waals surface area contributed by atoms with Crippen molar-refractivity contribution < 1.29 is 52.4 Å². The van der Waals surface area contributed by atoms with Gasteiger partial charge in [0.15, 0.2) is 23.4 Å². The number of carbonyl (C=O) groups excluding carboxylic acids is 3. The molecule has 15 nitrogen and oxygen atoms in total. The Morgan fingerprint density at radius 3 is 2.13 bits per heavy atom. The molecule has 0 aliphatic carbocycles. The molecule has 0 aliphatic heterocycles. The number of aryl methyl sites for hydroxylation is 1. The zero-order valence-electron chi connectivity index (χ0n) is 36.0. The first-order valence-corrected chi connectivity index (χ1v) is 19.4. The number of halogens is 1. The monoisotopic (exact) mass is 833 g/mol. The van der Waals surface area contributed by atoms with Crippen molar-refractivity contribution in [2.75, 3.05) is 42.9 Å². The lowest BCUT2D eigenvalue weighted by molar-refractivity contribution is -0.138. The third-order valence-electron chi connectivity index (χ3n) is 8.74. The number of fused-ring (bicyclic) bond motifs is 1. The number of hydrogen-bond donors (Lipinski definition) is 4. The summed E-state index contributed by atoms with van der Waals surface area (Å²) in [7, 11) is 3.24. The van der Waals surface area contributed by atoms with Crippen LogP contribution in [-0.2, 0) is 30.3 Å². The number of carboxylic acids is 1. The molecule has 3 atom stereocenters. The van der Waals surface area contributed by atoms with Crippen LogP contribution >= 0.6 is 0 Å². The van der Waals surface area contributed by atoms with Gasteiger partial charge in [-0.3, -0.25) is 5.32 Å². The number of hydrogen-bond acceptors (Lipinski definition) is 12. The number of anilines is 3. The molecule has 4 aromatic rings. The van der Waals surface area contributed by atoms with Gasteiger partial charge in [0, 0.05) is 54.2 Å². The van der Waals surface area contributed by atoms with Crippen molar-refractivity contribution >= 4 is 52.2 Å². The molecule has 3 amide bonds. The third kappa shape index (κ3) is 12.7. The molecule has 1 heterocycles. The number of nitrogens with zero attached hydrogens (tertiary/aromatic N) is 2. The van der Waals surface area contributed by atoms with E-state index in [2.05, 4.69) is 20.9 Å².